The Morgan fingerprint density at radius 2 is 1.97 bits per heavy atom. The average Bonchev–Trinajstić information content (AvgIpc) is 3.20. The van der Waals surface area contributed by atoms with Gasteiger partial charge in [-0.2, -0.15) is 0 Å². The number of ether oxygens (including phenoxy) is 2. The van der Waals surface area contributed by atoms with Crippen LogP contribution in [0.2, 0.25) is 0 Å². The van der Waals surface area contributed by atoms with Gasteiger partial charge in [0.05, 0.1) is 23.6 Å². The first-order chi connectivity index (χ1) is 14.9. The van der Waals surface area contributed by atoms with Crippen molar-refractivity contribution >= 4 is 27.5 Å². The van der Waals surface area contributed by atoms with Gasteiger partial charge >= 0.3 is 0 Å². The molecular formula is C22H24BrN3O5. The number of halogens is 1. The van der Waals surface area contributed by atoms with Crippen LogP contribution in [0.25, 0.3) is 0 Å². The van der Waals surface area contributed by atoms with Crippen LogP contribution in [-0.4, -0.2) is 48.6 Å². The number of likely N-dealkylation sites (tertiary alicyclic amines) is 1. The van der Waals surface area contributed by atoms with Gasteiger partial charge in [-0.25, -0.2) is 0 Å². The molecule has 31 heavy (non-hydrogen) atoms. The van der Waals surface area contributed by atoms with Gasteiger partial charge in [-0.05, 0) is 60.6 Å². The van der Waals surface area contributed by atoms with Crippen molar-refractivity contribution in [2.45, 2.75) is 31.3 Å². The molecule has 1 fully saturated rings. The number of nitro groups is 1. The number of fused-ring (bicyclic) bond motifs is 2. The number of hydrogen-bond donors (Lipinski definition) is 1. The van der Waals surface area contributed by atoms with Crippen molar-refractivity contribution in [2.75, 3.05) is 32.1 Å². The Kier molecular flexibility index (Phi) is 5.65. The Labute approximate surface area is 188 Å². The van der Waals surface area contributed by atoms with Crippen molar-refractivity contribution in [1.29, 1.82) is 0 Å². The predicted molar refractivity (Wildman–Crippen MR) is 119 cm³/mol. The number of benzene rings is 2. The Morgan fingerprint density at radius 1 is 1.26 bits per heavy atom. The van der Waals surface area contributed by atoms with E-state index in [0.717, 1.165) is 5.56 Å². The van der Waals surface area contributed by atoms with Crippen LogP contribution in [0.4, 0.5) is 5.69 Å². The fourth-order valence-corrected chi connectivity index (χ4v) is 5.50. The Bertz CT molecular complexity index is 1050. The second-order valence-electron chi connectivity index (χ2n) is 7.68. The van der Waals surface area contributed by atoms with E-state index in [2.05, 4.69) is 21.2 Å². The maximum Gasteiger partial charge on any atom is 0.256 e. The van der Waals surface area contributed by atoms with Crippen LogP contribution in [0.1, 0.15) is 30.9 Å². The molecule has 2 aliphatic heterocycles. The zero-order chi connectivity index (χ0) is 22.3. The fraction of sp³-hybridized carbons (Fsp3) is 0.409. The number of hydrogen-bond acceptors (Lipinski definition) is 6. The van der Waals surface area contributed by atoms with Crippen molar-refractivity contribution in [3.05, 3.63) is 62.1 Å². The molecule has 0 unspecified atom stereocenters. The Hall–Kier alpha value is -2.65. The molecule has 9 heteroatoms. The van der Waals surface area contributed by atoms with E-state index in [1.54, 1.807) is 36.2 Å². The minimum atomic E-state index is -1.37. The molecule has 0 aromatic heterocycles. The molecule has 3 atom stereocenters. The van der Waals surface area contributed by atoms with Crippen molar-refractivity contribution in [2.24, 2.45) is 0 Å². The Balaban J connectivity index is 1.86. The van der Waals surface area contributed by atoms with Crippen LogP contribution in [0.5, 0.6) is 11.5 Å². The van der Waals surface area contributed by atoms with Gasteiger partial charge in [-0.15, -0.1) is 0 Å². The zero-order valence-electron chi connectivity index (χ0n) is 17.6. The molecule has 2 aromatic rings. The highest BCUT2D eigenvalue weighted by molar-refractivity contribution is 9.10. The predicted octanol–water partition coefficient (Wildman–Crippen LogP) is 3.77. The quantitative estimate of drug-likeness (QED) is 0.490. The van der Waals surface area contributed by atoms with Crippen LogP contribution >= 0.6 is 15.9 Å². The molecule has 1 saturated heterocycles. The number of carbonyl (C=O) groups excluding carboxylic acids is 1. The highest BCUT2D eigenvalue weighted by atomic mass is 79.9. The van der Waals surface area contributed by atoms with E-state index < -0.39 is 17.5 Å². The summed E-state index contributed by atoms with van der Waals surface area (Å²) in [6.45, 7) is 4.99. The third-order valence-electron chi connectivity index (χ3n) is 6.09. The molecule has 2 heterocycles. The van der Waals surface area contributed by atoms with E-state index in [0.29, 0.717) is 47.0 Å². The first-order valence-corrected chi connectivity index (χ1v) is 11.0. The number of nitrogens with one attached hydrogen (secondary N) is 1. The summed E-state index contributed by atoms with van der Waals surface area (Å²) in [5.74, 6) is 0.199. The van der Waals surface area contributed by atoms with Crippen LogP contribution in [-0.2, 0) is 10.3 Å². The van der Waals surface area contributed by atoms with Gasteiger partial charge in [-0.1, -0.05) is 18.2 Å². The molecule has 2 aliphatic rings. The highest BCUT2D eigenvalue weighted by Crippen LogP contribution is 2.53. The topological polar surface area (TPSA) is 93.9 Å². The molecule has 0 saturated carbocycles. The van der Waals surface area contributed by atoms with Crippen LogP contribution in [0, 0.1) is 10.1 Å². The van der Waals surface area contributed by atoms with Crippen molar-refractivity contribution in [1.82, 2.24) is 4.90 Å². The molecule has 164 valence electrons. The van der Waals surface area contributed by atoms with Crippen LogP contribution < -0.4 is 14.8 Å². The summed E-state index contributed by atoms with van der Waals surface area (Å²) in [5, 5.41) is 15.3. The summed E-state index contributed by atoms with van der Waals surface area (Å²) in [6.07, 6.45) is 0. The lowest BCUT2D eigenvalue weighted by Gasteiger charge is -2.30. The number of anilines is 1. The molecule has 8 nitrogen and oxygen atoms in total. The summed E-state index contributed by atoms with van der Waals surface area (Å²) in [4.78, 5) is 27.1. The monoisotopic (exact) mass is 489 g/mol. The third-order valence-corrected chi connectivity index (χ3v) is 6.68. The molecule has 1 amide bonds. The number of amides is 1. The molecule has 0 bridgehead atoms. The SMILES string of the molecule is CCOc1cc([C@@H]2CN(C)[C@@]3(C(=O)Nc4ccccc43)[C@H]2[N+](=O)[O-])cc(Br)c1OCC. The van der Waals surface area contributed by atoms with Crippen molar-refractivity contribution < 1.29 is 19.2 Å². The maximum absolute atomic E-state index is 13.2. The second-order valence-corrected chi connectivity index (χ2v) is 8.53. The van der Waals surface area contributed by atoms with Gasteiger partial charge < -0.3 is 14.8 Å². The van der Waals surface area contributed by atoms with Gasteiger partial charge in [0.15, 0.2) is 17.0 Å². The van der Waals surface area contributed by atoms with Crippen LogP contribution in [0.15, 0.2) is 40.9 Å². The van der Waals surface area contributed by atoms with Crippen molar-refractivity contribution in [3.63, 3.8) is 0 Å². The largest absolute Gasteiger partial charge is 0.490 e. The molecule has 4 rings (SSSR count). The maximum atomic E-state index is 13.2. The molecule has 1 N–H and O–H groups in total. The Morgan fingerprint density at radius 3 is 2.65 bits per heavy atom. The number of carbonyl (C=O) groups is 1. The van der Waals surface area contributed by atoms with Gasteiger partial charge in [0.1, 0.15) is 0 Å². The standard InChI is InChI=1S/C22H24BrN3O5/c1-4-30-18-11-13(10-16(23)19(18)31-5-2)14-12-25(3)22(20(14)26(28)29)15-8-6-7-9-17(15)24-21(22)27/h6-11,14,20H,4-5,12H2,1-3H3,(H,24,27)/t14-,20-,22+/m0/s1. The normalized spacial score (nSPS) is 24.8. The fourth-order valence-electron chi connectivity index (χ4n) is 4.93. The minimum Gasteiger partial charge on any atom is -0.490 e. The van der Waals surface area contributed by atoms with Gasteiger partial charge in [0.25, 0.3) is 11.9 Å². The zero-order valence-corrected chi connectivity index (χ0v) is 19.1. The van der Waals surface area contributed by atoms with E-state index in [1.807, 2.05) is 26.0 Å². The van der Waals surface area contributed by atoms with Crippen molar-refractivity contribution in [3.8, 4) is 11.5 Å². The lowest BCUT2D eigenvalue weighted by molar-refractivity contribution is -0.534. The second kappa shape index (κ2) is 8.12. The number of nitrogens with zero attached hydrogens (tertiary/aromatic N) is 2. The molecule has 0 radical (unpaired) electrons. The summed E-state index contributed by atoms with van der Waals surface area (Å²) in [6, 6.07) is 9.65. The first-order valence-electron chi connectivity index (χ1n) is 10.2. The average molecular weight is 490 g/mol. The highest BCUT2D eigenvalue weighted by Gasteiger charge is 2.68. The summed E-state index contributed by atoms with van der Waals surface area (Å²) in [7, 11) is 1.77. The van der Waals surface area contributed by atoms with E-state index in [1.165, 1.54) is 0 Å². The van der Waals surface area contributed by atoms with E-state index in [-0.39, 0.29) is 10.8 Å². The molecule has 1 spiro atoms. The molecule has 0 aliphatic carbocycles. The molecule has 2 aromatic carbocycles. The van der Waals surface area contributed by atoms with E-state index in [9.17, 15) is 14.9 Å². The minimum absolute atomic E-state index is 0.319. The van der Waals surface area contributed by atoms with Gasteiger partial charge in [-0.3, -0.25) is 19.8 Å². The third kappa shape index (κ3) is 3.18. The number of likely N-dealkylation sites (N-methyl/N-ethyl adjacent to an activating group) is 1. The summed E-state index contributed by atoms with van der Waals surface area (Å²) in [5.41, 5.74) is 0.611. The summed E-state index contributed by atoms with van der Waals surface area (Å²) >= 11 is 3.53. The lowest BCUT2D eigenvalue weighted by atomic mass is 9.79. The number of para-hydroxylation sites is 1. The first kappa shape index (κ1) is 21.6. The number of rotatable bonds is 6. The van der Waals surface area contributed by atoms with E-state index in [4.69, 9.17) is 9.47 Å². The smallest absolute Gasteiger partial charge is 0.256 e. The van der Waals surface area contributed by atoms with Gasteiger partial charge in [0, 0.05) is 22.7 Å². The lowest BCUT2D eigenvalue weighted by Crippen LogP contribution is -2.54. The van der Waals surface area contributed by atoms with Gasteiger partial charge in [0.2, 0.25) is 0 Å². The van der Waals surface area contributed by atoms with Crippen LogP contribution in [0.3, 0.4) is 0 Å². The molecular weight excluding hydrogens is 466 g/mol. The van der Waals surface area contributed by atoms with E-state index >= 15 is 0 Å². The summed E-state index contributed by atoms with van der Waals surface area (Å²) < 4.78 is 12.1.